The third-order valence-electron chi connectivity index (χ3n) is 5.74. The van der Waals surface area contributed by atoms with E-state index in [1.807, 2.05) is 25.1 Å². The minimum atomic E-state index is -0.418. The van der Waals surface area contributed by atoms with Gasteiger partial charge in [0.05, 0.1) is 16.7 Å². The van der Waals surface area contributed by atoms with Crippen LogP contribution in [0.25, 0.3) is 15.7 Å². The van der Waals surface area contributed by atoms with Crippen LogP contribution in [0.15, 0.2) is 55.3 Å². The number of hydrogen-bond donors (Lipinski definition) is 1. The molecule has 5 atom stereocenters. The molecule has 0 aliphatic heterocycles. The van der Waals surface area contributed by atoms with Crippen LogP contribution in [-0.4, -0.2) is 16.4 Å². The molecule has 1 saturated carbocycles. The zero-order valence-electron chi connectivity index (χ0n) is 14.2. The lowest BCUT2D eigenvalue weighted by Crippen LogP contribution is -2.48. The third-order valence-corrected chi connectivity index (χ3v) is 6.39. The Morgan fingerprint density at radius 3 is 2.79 bits per heavy atom. The van der Waals surface area contributed by atoms with E-state index in [1.165, 1.54) is 10.9 Å². The first kappa shape index (κ1) is 16.9. The Kier molecular flexibility index (Phi) is 4.32. The number of alkyl halides is 1. The van der Waals surface area contributed by atoms with Gasteiger partial charge >= 0.3 is 0 Å². The van der Waals surface area contributed by atoms with E-state index in [2.05, 4.69) is 48.2 Å². The molecule has 1 aliphatic carbocycles. The first-order chi connectivity index (χ1) is 11.4. The van der Waals surface area contributed by atoms with Crippen LogP contribution in [0.5, 0.6) is 0 Å². The summed E-state index contributed by atoms with van der Waals surface area (Å²) in [7, 11) is 0. The van der Waals surface area contributed by atoms with Gasteiger partial charge in [0, 0.05) is 17.1 Å². The number of aromatic amines is 1. The Labute approximate surface area is 149 Å². The van der Waals surface area contributed by atoms with Crippen LogP contribution in [-0.2, 0) is 0 Å². The van der Waals surface area contributed by atoms with Crippen LogP contribution >= 0.6 is 11.6 Å². The van der Waals surface area contributed by atoms with Crippen molar-refractivity contribution in [1.82, 2.24) is 4.98 Å². The zero-order valence-corrected chi connectivity index (χ0v) is 15.0. The van der Waals surface area contributed by atoms with Crippen LogP contribution in [0.3, 0.4) is 0 Å². The molecule has 1 N–H and O–H groups in total. The van der Waals surface area contributed by atoms with Crippen molar-refractivity contribution >= 4 is 22.5 Å². The summed E-state index contributed by atoms with van der Waals surface area (Å²) in [4.78, 5) is 7.39. The molecule has 5 unspecified atom stereocenters. The summed E-state index contributed by atoms with van der Waals surface area (Å²) < 4.78 is 0. The van der Waals surface area contributed by atoms with Gasteiger partial charge in [-0.25, -0.2) is 6.57 Å². The summed E-state index contributed by atoms with van der Waals surface area (Å²) in [6, 6.07) is 8.00. The largest absolute Gasteiger partial charge is 0.361 e. The fourth-order valence-electron chi connectivity index (χ4n) is 4.15. The van der Waals surface area contributed by atoms with Crippen LogP contribution in [0.2, 0.25) is 0 Å². The Morgan fingerprint density at radius 1 is 1.46 bits per heavy atom. The van der Waals surface area contributed by atoms with Gasteiger partial charge in [0.15, 0.2) is 0 Å². The second-order valence-electron chi connectivity index (χ2n) is 7.12. The number of allylic oxidation sites excluding steroid dienone is 1. The van der Waals surface area contributed by atoms with Crippen molar-refractivity contribution in [2.24, 2.45) is 11.3 Å². The number of aromatic nitrogens is 1. The zero-order chi connectivity index (χ0) is 17.5. The normalized spacial score (nSPS) is 33.1. The molecule has 1 fully saturated rings. The van der Waals surface area contributed by atoms with Crippen LogP contribution < -0.4 is 0 Å². The van der Waals surface area contributed by atoms with E-state index in [0.29, 0.717) is 0 Å². The number of halogens is 1. The minimum Gasteiger partial charge on any atom is -0.361 e. The summed E-state index contributed by atoms with van der Waals surface area (Å²) >= 11 is 6.72. The van der Waals surface area contributed by atoms with Crippen molar-refractivity contribution in [3.63, 3.8) is 0 Å². The molecule has 0 bridgehead atoms. The first-order valence-electron chi connectivity index (χ1n) is 8.29. The van der Waals surface area contributed by atoms with Crippen molar-refractivity contribution in [3.05, 3.63) is 72.2 Å². The average Bonchev–Trinajstić information content (AvgIpc) is 3.00. The highest BCUT2D eigenvalue weighted by atomic mass is 35.5. The molecule has 0 saturated heterocycles. The van der Waals surface area contributed by atoms with E-state index < -0.39 is 5.41 Å². The summed E-state index contributed by atoms with van der Waals surface area (Å²) in [6.07, 6.45) is 4.75. The monoisotopic (exact) mass is 338 g/mol. The smallest absolute Gasteiger partial charge is 0.241 e. The highest BCUT2D eigenvalue weighted by molar-refractivity contribution is 6.21. The maximum absolute atomic E-state index is 7.90. The molecule has 124 valence electrons. The molecule has 0 amide bonds. The van der Waals surface area contributed by atoms with Gasteiger partial charge in [-0.15, -0.1) is 18.2 Å². The average molecular weight is 339 g/mol. The van der Waals surface area contributed by atoms with Gasteiger partial charge in [0.1, 0.15) is 0 Å². The van der Waals surface area contributed by atoms with Gasteiger partial charge in [0.2, 0.25) is 6.04 Å². The van der Waals surface area contributed by atoms with Crippen molar-refractivity contribution in [2.75, 3.05) is 0 Å². The summed E-state index contributed by atoms with van der Waals surface area (Å²) in [5.41, 5.74) is 2.97. The Balaban J connectivity index is 2.21. The van der Waals surface area contributed by atoms with Crippen LogP contribution in [0.4, 0.5) is 0 Å². The molecular formula is C21H23ClN2. The lowest BCUT2D eigenvalue weighted by molar-refractivity contribution is 0.202. The minimum absolute atomic E-state index is 0.0640. The molecule has 3 rings (SSSR count). The van der Waals surface area contributed by atoms with Gasteiger partial charge in [-0.2, -0.15) is 0 Å². The van der Waals surface area contributed by atoms with Crippen molar-refractivity contribution in [3.8, 4) is 0 Å². The molecular weight excluding hydrogens is 316 g/mol. The summed E-state index contributed by atoms with van der Waals surface area (Å²) in [5.74, 6) is 0.257. The highest BCUT2D eigenvalue weighted by Crippen LogP contribution is 2.54. The SMILES string of the molecule is [C-]#[N+]C1C(c2c[nH]c3ccccc23)C(C(=C)C)CC(Cl)C1(C)C=C. The second-order valence-corrected chi connectivity index (χ2v) is 7.64. The highest BCUT2D eigenvalue weighted by Gasteiger charge is 2.55. The van der Waals surface area contributed by atoms with Gasteiger partial charge < -0.3 is 9.83 Å². The lowest BCUT2D eigenvalue weighted by Gasteiger charge is -2.45. The van der Waals surface area contributed by atoms with Crippen molar-refractivity contribution in [1.29, 1.82) is 0 Å². The number of H-pyrrole nitrogens is 1. The van der Waals surface area contributed by atoms with Crippen LogP contribution in [0.1, 0.15) is 31.7 Å². The van der Waals surface area contributed by atoms with Crippen LogP contribution in [0, 0.1) is 17.9 Å². The molecule has 1 heterocycles. The van der Waals surface area contributed by atoms with E-state index in [-0.39, 0.29) is 23.3 Å². The van der Waals surface area contributed by atoms with Gasteiger partial charge in [-0.3, -0.25) is 0 Å². The fraction of sp³-hybridized carbons (Fsp3) is 0.381. The van der Waals surface area contributed by atoms with Crippen molar-refractivity contribution in [2.45, 2.75) is 37.6 Å². The molecule has 1 aliphatic rings. The van der Waals surface area contributed by atoms with E-state index in [9.17, 15) is 0 Å². The number of para-hydroxylation sites is 1. The molecule has 0 spiro atoms. The van der Waals surface area contributed by atoms with E-state index in [0.717, 1.165) is 17.5 Å². The maximum Gasteiger partial charge on any atom is 0.241 e. The fourth-order valence-corrected chi connectivity index (χ4v) is 4.56. The quantitative estimate of drug-likeness (QED) is 0.406. The molecule has 1 aromatic heterocycles. The molecule has 1 aromatic carbocycles. The molecule has 3 heteroatoms. The maximum atomic E-state index is 7.90. The molecule has 2 aromatic rings. The van der Waals surface area contributed by atoms with E-state index in [1.54, 1.807) is 0 Å². The van der Waals surface area contributed by atoms with E-state index in [4.69, 9.17) is 18.2 Å². The molecule has 0 radical (unpaired) electrons. The molecule has 2 nitrogen and oxygen atoms in total. The Hall–Kier alpha value is -1.98. The van der Waals surface area contributed by atoms with E-state index >= 15 is 0 Å². The summed E-state index contributed by atoms with van der Waals surface area (Å²) in [5, 5.41) is 1.07. The number of hydrogen-bond acceptors (Lipinski definition) is 0. The lowest BCUT2D eigenvalue weighted by atomic mass is 9.59. The molecule has 24 heavy (non-hydrogen) atoms. The predicted molar refractivity (Wildman–Crippen MR) is 102 cm³/mol. The number of fused-ring (bicyclic) bond motifs is 1. The number of benzene rings is 1. The third kappa shape index (κ3) is 2.39. The summed E-state index contributed by atoms with van der Waals surface area (Å²) in [6.45, 7) is 20.2. The number of rotatable bonds is 3. The van der Waals surface area contributed by atoms with Gasteiger partial charge in [-0.05, 0) is 37.8 Å². The Bertz CT molecular complexity index is 828. The predicted octanol–water partition coefficient (Wildman–Crippen LogP) is 5.94. The standard InChI is InChI=1S/C21H23ClN2/c1-6-21(4)18(22)11-15(13(2)3)19(20(21)23-5)16-12-24-17-10-8-7-9-14(16)17/h6-10,12,15,18-20,24H,1-2,11H2,3-4H3. The topological polar surface area (TPSA) is 20.1 Å². The van der Waals surface area contributed by atoms with Gasteiger partial charge in [-0.1, -0.05) is 36.4 Å². The first-order valence-corrected chi connectivity index (χ1v) is 8.73. The van der Waals surface area contributed by atoms with Gasteiger partial charge in [0.25, 0.3) is 0 Å². The second kappa shape index (κ2) is 6.15. The van der Waals surface area contributed by atoms with Crippen molar-refractivity contribution < 1.29 is 0 Å². The Morgan fingerprint density at radius 2 is 2.17 bits per heavy atom. The number of nitrogens with one attached hydrogen (secondary N) is 1. The number of nitrogens with zero attached hydrogens (tertiary/aromatic N) is 1.